The smallest absolute Gasteiger partial charge is 0.410 e. The minimum atomic E-state index is -3.49. The van der Waals surface area contributed by atoms with Crippen molar-refractivity contribution in [2.45, 2.75) is 81.1 Å². The number of hydrogen-bond acceptors (Lipinski definition) is 6. The van der Waals surface area contributed by atoms with E-state index in [-0.39, 0.29) is 29.7 Å². The monoisotopic (exact) mass is 532 g/mol. The number of carbonyl (C=O) groups excluding carboxylic acids is 1. The van der Waals surface area contributed by atoms with E-state index in [0.717, 1.165) is 63.6 Å². The van der Waals surface area contributed by atoms with E-state index in [4.69, 9.17) is 9.47 Å². The maximum atomic E-state index is 13.1. The van der Waals surface area contributed by atoms with Gasteiger partial charge in [-0.1, -0.05) is 24.3 Å². The second-order valence-electron chi connectivity index (χ2n) is 11.8. The van der Waals surface area contributed by atoms with Crippen LogP contribution in [-0.4, -0.2) is 104 Å². The van der Waals surface area contributed by atoms with Crippen molar-refractivity contribution in [2.24, 2.45) is 0 Å². The molecule has 3 unspecified atom stereocenters. The highest BCUT2D eigenvalue weighted by Gasteiger charge is 2.49. The van der Waals surface area contributed by atoms with Gasteiger partial charge in [0.25, 0.3) is 10.2 Å². The predicted octanol–water partition coefficient (Wildman–Crippen LogP) is 2.56. The molecule has 6 rings (SSSR count). The third kappa shape index (κ3) is 4.58. The van der Waals surface area contributed by atoms with Gasteiger partial charge >= 0.3 is 6.09 Å². The number of carbonyl (C=O) groups is 1. The Kier molecular flexibility index (Phi) is 6.76. The topological polar surface area (TPSA) is 82.6 Å². The summed E-state index contributed by atoms with van der Waals surface area (Å²) in [5, 5.41) is 0. The molecule has 1 aromatic carbocycles. The fourth-order valence-corrected chi connectivity index (χ4v) is 8.71. The molecule has 37 heavy (non-hydrogen) atoms. The first-order valence-corrected chi connectivity index (χ1v) is 15.2. The van der Waals surface area contributed by atoms with Crippen LogP contribution in [-0.2, 0) is 31.6 Å². The SMILES string of the molecule is CN(C)S(=O)(=O)N1Cc2ccccc2C2(CCN(C3CC4CCC(C3)N4C(=O)OC3CCOC3)CC2)C1. The molecule has 0 aromatic heterocycles. The molecule has 9 nitrogen and oxygen atoms in total. The maximum Gasteiger partial charge on any atom is 0.410 e. The molecule has 3 atom stereocenters. The molecule has 5 aliphatic heterocycles. The zero-order chi connectivity index (χ0) is 25.8. The Labute approximate surface area is 220 Å². The molecule has 2 bridgehead atoms. The van der Waals surface area contributed by atoms with Gasteiger partial charge in [-0.2, -0.15) is 17.0 Å². The summed E-state index contributed by atoms with van der Waals surface area (Å²) >= 11 is 0. The van der Waals surface area contributed by atoms with Crippen molar-refractivity contribution in [3.8, 4) is 0 Å². The predicted molar refractivity (Wildman–Crippen MR) is 139 cm³/mol. The fourth-order valence-electron chi connectivity index (χ4n) is 7.54. The molecule has 0 N–H and O–H groups in total. The summed E-state index contributed by atoms with van der Waals surface area (Å²) in [6, 6.07) is 9.38. The second kappa shape index (κ2) is 9.79. The van der Waals surface area contributed by atoms with Crippen LogP contribution in [0.25, 0.3) is 0 Å². The van der Waals surface area contributed by atoms with E-state index in [1.165, 1.54) is 9.87 Å². The van der Waals surface area contributed by atoms with E-state index in [0.29, 0.717) is 32.3 Å². The van der Waals surface area contributed by atoms with E-state index in [1.807, 2.05) is 11.0 Å². The molecule has 10 heteroatoms. The number of likely N-dealkylation sites (tertiary alicyclic amines) is 1. The highest BCUT2D eigenvalue weighted by Crippen LogP contribution is 2.45. The van der Waals surface area contributed by atoms with Gasteiger partial charge in [-0.3, -0.25) is 0 Å². The normalized spacial score (nSPS) is 32.1. The second-order valence-corrected chi connectivity index (χ2v) is 14.0. The Hall–Kier alpha value is -1.72. The fraction of sp³-hybridized carbons (Fsp3) is 0.741. The van der Waals surface area contributed by atoms with Crippen LogP contribution in [0, 0.1) is 0 Å². The number of fused-ring (bicyclic) bond motifs is 4. The first-order valence-electron chi connectivity index (χ1n) is 13.8. The highest BCUT2D eigenvalue weighted by atomic mass is 32.2. The van der Waals surface area contributed by atoms with Crippen molar-refractivity contribution in [2.75, 3.05) is 46.9 Å². The van der Waals surface area contributed by atoms with Crippen LogP contribution in [0.1, 0.15) is 56.1 Å². The van der Waals surface area contributed by atoms with Gasteiger partial charge in [0.05, 0.1) is 13.2 Å². The number of nitrogens with zero attached hydrogens (tertiary/aromatic N) is 4. The number of benzene rings is 1. The number of ether oxygens (including phenoxy) is 2. The zero-order valence-corrected chi connectivity index (χ0v) is 22.9. The summed E-state index contributed by atoms with van der Waals surface area (Å²) in [7, 11) is -0.257. The molecule has 204 valence electrons. The Morgan fingerprint density at radius 3 is 2.41 bits per heavy atom. The molecule has 0 saturated carbocycles. The Balaban J connectivity index is 1.13. The van der Waals surface area contributed by atoms with Gasteiger partial charge in [0.15, 0.2) is 0 Å². The van der Waals surface area contributed by atoms with Gasteiger partial charge in [-0.05, 0) is 62.7 Å². The first-order chi connectivity index (χ1) is 17.8. The van der Waals surface area contributed by atoms with E-state index in [1.54, 1.807) is 18.4 Å². The highest BCUT2D eigenvalue weighted by molar-refractivity contribution is 7.86. The molecule has 4 fully saturated rings. The summed E-state index contributed by atoms with van der Waals surface area (Å²) in [6.45, 7) is 4.08. The summed E-state index contributed by atoms with van der Waals surface area (Å²) in [5.41, 5.74) is 2.31. The van der Waals surface area contributed by atoms with Crippen molar-refractivity contribution in [3.63, 3.8) is 0 Å². The van der Waals surface area contributed by atoms with Gasteiger partial charge in [-0.15, -0.1) is 0 Å². The molecule has 5 aliphatic rings. The summed E-state index contributed by atoms with van der Waals surface area (Å²) in [5.74, 6) is 0. The van der Waals surface area contributed by atoms with Crippen LogP contribution in [0.4, 0.5) is 4.79 Å². The Morgan fingerprint density at radius 1 is 1.05 bits per heavy atom. The number of amides is 1. The van der Waals surface area contributed by atoms with Crippen molar-refractivity contribution < 1.29 is 22.7 Å². The average molecular weight is 533 g/mol. The average Bonchev–Trinajstić information content (AvgIpc) is 3.49. The lowest BCUT2D eigenvalue weighted by Gasteiger charge is -2.51. The van der Waals surface area contributed by atoms with E-state index in [2.05, 4.69) is 23.1 Å². The van der Waals surface area contributed by atoms with Crippen LogP contribution in [0.5, 0.6) is 0 Å². The van der Waals surface area contributed by atoms with E-state index in [9.17, 15) is 13.2 Å². The zero-order valence-electron chi connectivity index (χ0n) is 22.0. The lowest BCUT2D eigenvalue weighted by atomic mass is 9.69. The number of rotatable bonds is 4. The summed E-state index contributed by atoms with van der Waals surface area (Å²) in [6.07, 6.45) is 6.54. The largest absolute Gasteiger partial charge is 0.444 e. The Bertz CT molecular complexity index is 1100. The van der Waals surface area contributed by atoms with E-state index < -0.39 is 10.2 Å². The minimum absolute atomic E-state index is 0.0999. The van der Waals surface area contributed by atoms with E-state index >= 15 is 0 Å². The standard InChI is InChI=1S/C27H40N4O5S/c1-28(2)37(33,34)30-17-20-5-3-4-6-25(20)27(19-30)10-12-29(13-11-27)23-15-21-7-8-22(16-23)31(21)26(32)36-24-9-14-35-18-24/h3-6,21-24H,7-19H2,1-2H3. The number of hydrogen-bond donors (Lipinski definition) is 0. The van der Waals surface area contributed by atoms with Crippen molar-refractivity contribution >= 4 is 16.3 Å². The third-order valence-corrected chi connectivity index (χ3v) is 11.4. The molecular weight excluding hydrogens is 492 g/mol. The van der Waals surface area contributed by atoms with Gasteiger partial charge < -0.3 is 19.3 Å². The molecule has 0 radical (unpaired) electrons. The van der Waals surface area contributed by atoms with Crippen molar-refractivity contribution in [1.29, 1.82) is 0 Å². The van der Waals surface area contributed by atoms with Crippen molar-refractivity contribution in [1.82, 2.24) is 18.4 Å². The molecule has 1 spiro atoms. The third-order valence-electron chi connectivity index (χ3n) is 9.55. The quantitative estimate of drug-likeness (QED) is 0.593. The van der Waals surface area contributed by atoms with Crippen LogP contribution >= 0.6 is 0 Å². The van der Waals surface area contributed by atoms with Gasteiger partial charge in [0.1, 0.15) is 6.10 Å². The summed E-state index contributed by atoms with van der Waals surface area (Å²) < 4.78 is 40.3. The summed E-state index contributed by atoms with van der Waals surface area (Å²) in [4.78, 5) is 17.6. The molecule has 4 saturated heterocycles. The first kappa shape index (κ1) is 25.6. The lowest BCUT2D eigenvalue weighted by Crippen LogP contribution is -2.58. The Morgan fingerprint density at radius 2 is 1.76 bits per heavy atom. The van der Waals surface area contributed by atoms with Crippen molar-refractivity contribution in [3.05, 3.63) is 35.4 Å². The van der Waals surface area contributed by atoms with Crippen LogP contribution in [0.15, 0.2) is 24.3 Å². The lowest BCUT2D eigenvalue weighted by molar-refractivity contribution is 0.00735. The van der Waals surface area contributed by atoms with Crippen LogP contribution in [0.2, 0.25) is 0 Å². The van der Waals surface area contributed by atoms with Gasteiger partial charge in [0.2, 0.25) is 0 Å². The molecule has 5 heterocycles. The molecule has 1 aromatic rings. The van der Waals surface area contributed by atoms with Crippen LogP contribution < -0.4 is 0 Å². The van der Waals surface area contributed by atoms with Gasteiger partial charge in [-0.25, -0.2) is 4.79 Å². The maximum absolute atomic E-state index is 13.1. The molecule has 1 amide bonds. The molecule has 0 aliphatic carbocycles. The van der Waals surface area contributed by atoms with Gasteiger partial charge in [0, 0.05) is 57.1 Å². The van der Waals surface area contributed by atoms with Crippen LogP contribution in [0.3, 0.4) is 0 Å². The minimum Gasteiger partial charge on any atom is -0.444 e. The number of piperidine rings is 2. The molecular formula is C27H40N4O5S.